The van der Waals surface area contributed by atoms with Gasteiger partial charge in [0.15, 0.2) is 5.82 Å². The molecule has 0 saturated carbocycles. The molecule has 0 aliphatic carbocycles. The van der Waals surface area contributed by atoms with E-state index in [1.54, 1.807) is 0 Å². The maximum Gasteiger partial charge on any atom is 0.161 e. The maximum absolute atomic E-state index is 5.48. The van der Waals surface area contributed by atoms with Gasteiger partial charge in [-0.1, -0.05) is 152 Å². The van der Waals surface area contributed by atoms with Crippen LogP contribution in [-0.4, -0.2) is 9.97 Å². The van der Waals surface area contributed by atoms with E-state index in [0.717, 1.165) is 45.0 Å². The second-order valence-electron chi connectivity index (χ2n) is 13.7. The molecule has 0 fully saturated rings. The summed E-state index contributed by atoms with van der Waals surface area (Å²) in [6, 6.07) is 65.5. The molecule has 3 aromatic heterocycles. The van der Waals surface area contributed by atoms with E-state index in [2.05, 4.69) is 182 Å². The fourth-order valence-corrected chi connectivity index (χ4v) is 10.4. The number of thiophene rings is 2. The van der Waals surface area contributed by atoms with Crippen molar-refractivity contribution in [3.8, 4) is 56.2 Å². The Morgan fingerprint density at radius 2 is 0.852 bits per heavy atom. The van der Waals surface area contributed by atoms with Gasteiger partial charge in [0.2, 0.25) is 0 Å². The summed E-state index contributed by atoms with van der Waals surface area (Å²) >= 11 is 3.65. The molecule has 0 aliphatic rings. The molecule has 3 heterocycles. The first-order chi connectivity index (χ1) is 26.8. The fraction of sp³-hybridized carbons (Fsp3) is 0. The summed E-state index contributed by atoms with van der Waals surface area (Å²) in [6.45, 7) is 0. The third-order valence-electron chi connectivity index (χ3n) is 10.5. The van der Waals surface area contributed by atoms with E-state index in [-0.39, 0.29) is 0 Å². The van der Waals surface area contributed by atoms with Crippen LogP contribution in [0.1, 0.15) is 0 Å². The van der Waals surface area contributed by atoms with E-state index in [1.807, 2.05) is 22.7 Å². The van der Waals surface area contributed by atoms with Crippen LogP contribution in [-0.2, 0) is 0 Å². The second kappa shape index (κ2) is 12.6. The minimum atomic E-state index is 0.731. The predicted molar refractivity (Wildman–Crippen MR) is 232 cm³/mol. The van der Waals surface area contributed by atoms with E-state index >= 15 is 0 Å². The van der Waals surface area contributed by atoms with Gasteiger partial charge in [-0.15, -0.1) is 22.7 Å². The van der Waals surface area contributed by atoms with Gasteiger partial charge in [-0.3, -0.25) is 0 Å². The molecule has 0 N–H and O–H groups in total. The third kappa shape index (κ3) is 5.07. The molecule has 0 amide bonds. The molecule has 0 bridgehead atoms. The third-order valence-corrected chi connectivity index (χ3v) is 13.0. The van der Waals surface area contributed by atoms with Crippen LogP contribution in [0.25, 0.3) is 107 Å². The molecule has 4 heteroatoms. The van der Waals surface area contributed by atoms with Crippen LogP contribution < -0.4 is 0 Å². The van der Waals surface area contributed by atoms with Gasteiger partial charge in [0.1, 0.15) is 0 Å². The average molecular weight is 723 g/mol. The van der Waals surface area contributed by atoms with Gasteiger partial charge in [-0.25, -0.2) is 9.97 Å². The Morgan fingerprint density at radius 1 is 0.315 bits per heavy atom. The molecule has 11 rings (SSSR count). The lowest BCUT2D eigenvalue weighted by atomic mass is 9.91. The van der Waals surface area contributed by atoms with Gasteiger partial charge in [0, 0.05) is 57.0 Å². The van der Waals surface area contributed by atoms with Gasteiger partial charge in [-0.05, 0) is 63.4 Å². The van der Waals surface area contributed by atoms with Crippen molar-refractivity contribution in [3.05, 3.63) is 182 Å². The number of aromatic nitrogens is 2. The summed E-state index contributed by atoms with van der Waals surface area (Å²) in [5, 5.41) is 7.51. The molecule has 8 aromatic carbocycles. The minimum absolute atomic E-state index is 0.731. The number of rotatable bonds is 5. The van der Waals surface area contributed by atoms with Gasteiger partial charge in [-0.2, -0.15) is 0 Å². The van der Waals surface area contributed by atoms with E-state index in [0.29, 0.717) is 0 Å². The zero-order valence-electron chi connectivity index (χ0n) is 29.0. The molecule has 0 spiro atoms. The summed E-state index contributed by atoms with van der Waals surface area (Å²) in [4.78, 5) is 10.9. The minimum Gasteiger partial charge on any atom is -0.228 e. The normalized spacial score (nSPS) is 11.7. The highest BCUT2D eigenvalue weighted by Gasteiger charge is 2.20. The van der Waals surface area contributed by atoms with Crippen LogP contribution in [0.2, 0.25) is 0 Å². The molecular formula is C50H30N2S2. The topological polar surface area (TPSA) is 25.8 Å². The monoisotopic (exact) mass is 722 g/mol. The summed E-state index contributed by atoms with van der Waals surface area (Å²) in [6.07, 6.45) is 0. The first-order valence-corrected chi connectivity index (χ1v) is 19.8. The largest absolute Gasteiger partial charge is 0.228 e. The Bertz CT molecular complexity index is 3090. The Morgan fingerprint density at radius 3 is 1.59 bits per heavy atom. The van der Waals surface area contributed by atoms with Gasteiger partial charge in [0.25, 0.3) is 0 Å². The van der Waals surface area contributed by atoms with Crippen LogP contribution in [0.5, 0.6) is 0 Å². The number of nitrogens with zero attached hydrogens (tertiary/aromatic N) is 2. The summed E-state index contributed by atoms with van der Waals surface area (Å²) in [5.41, 5.74) is 9.73. The molecule has 54 heavy (non-hydrogen) atoms. The van der Waals surface area contributed by atoms with Crippen molar-refractivity contribution < 1.29 is 0 Å². The van der Waals surface area contributed by atoms with Crippen molar-refractivity contribution in [1.29, 1.82) is 0 Å². The molecule has 0 radical (unpaired) electrons. The average Bonchev–Trinajstić information content (AvgIpc) is 3.82. The van der Waals surface area contributed by atoms with Crippen LogP contribution in [0, 0.1) is 0 Å². The first kappa shape index (κ1) is 31.1. The molecule has 0 saturated heterocycles. The summed E-state index contributed by atoms with van der Waals surface area (Å²) < 4.78 is 4.99. The zero-order valence-corrected chi connectivity index (χ0v) is 30.7. The molecule has 0 unspecified atom stereocenters. The molecule has 0 aliphatic heterocycles. The second-order valence-corrected chi connectivity index (χ2v) is 15.8. The molecule has 252 valence electrons. The Hall–Kier alpha value is -6.46. The van der Waals surface area contributed by atoms with Crippen LogP contribution in [0.15, 0.2) is 182 Å². The Kier molecular flexibility index (Phi) is 7.25. The van der Waals surface area contributed by atoms with Crippen LogP contribution in [0.4, 0.5) is 0 Å². The zero-order chi connectivity index (χ0) is 35.6. The van der Waals surface area contributed by atoms with Crippen molar-refractivity contribution in [2.75, 3.05) is 0 Å². The maximum atomic E-state index is 5.48. The Balaban J connectivity index is 1.19. The van der Waals surface area contributed by atoms with Gasteiger partial charge >= 0.3 is 0 Å². The first-order valence-electron chi connectivity index (χ1n) is 18.2. The smallest absolute Gasteiger partial charge is 0.161 e. The van der Waals surface area contributed by atoms with Crippen molar-refractivity contribution in [3.63, 3.8) is 0 Å². The molecule has 0 atom stereocenters. The fourth-order valence-electron chi connectivity index (χ4n) is 7.98. The number of hydrogen-bond donors (Lipinski definition) is 0. The lowest BCUT2D eigenvalue weighted by Crippen LogP contribution is -1.98. The van der Waals surface area contributed by atoms with Crippen molar-refractivity contribution in [2.24, 2.45) is 0 Å². The molecule has 2 nitrogen and oxygen atoms in total. The summed E-state index contributed by atoms with van der Waals surface area (Å²) in [5.74, 6) is 0.731. The summed E-state index contributed by atoms with van der Waals surface area (Å²) in [7, 11) is 0. The quantitative estimate of drug-likeness (QED) is 0.177. The highest BCUT2D eigenvalue weighted by atomic mass is 32.1. The lowest BCUT2D eigenvalue weighted by Gasteiger charge is -2.16. The van der Waals surface area contributed by atoms with Crippen molar-refractivity contribution in [2.45, 2.75) is 0 Å². The van der Waals surface area contributed by atoms with Gasteiger partial charge < -0.3 is 0 Å². The van der Waals surface area contributed by atoms with E-state index < -0.39 is 0 Å². The van der Waals surface area contributed by atoms with Crippen molar-refractivity contribution >= 4 is 73.8 Å². The Labute approximate surface area is 320 Å². The molecule has 11 aromatic rings. The molecular weight excluding hydrogens is 693 g/mol. The van der Waals surface area contributed by atoms with Crippen LogP contribution >= 0.6 is 22.7 Å². The predicted octanol–water partition coefficient (Wildman–Crippen LogP) is 14.7. The van der Waals surface area contributed by atoms with E-state index in [1.165, 1.54) is 62.2 Å². The van der Waals surface area contributed by atoms with E-state index in [9.17, 15) is 0 Å². The number of fused-ring (bicyclic) bond motifs is 7. The number of hydrogen-bond acceptors (Lipinski definition) is 4. The van der Waals surface area contributed by atoms with Gasteiger partial charge in [0.05, 0.1) is 11.4 Å². The van der Waals surface area contributed by atoms with Crippen LogP contribution in [0.3, 0.4) is 0 Å². The standard InChI is InChI=1S/C50H30N2S2/c1-2-13-32(14-3-1)43-29-33(35-20-10-16-31-15-4-5-17-34(31)35)27-28-36(43)44-30-45(41-23-11-21-39-37-18-6-8-25-46(37)53-48(39)41)52-50(51-44)42-24-12-22-40-38-19-7-9-26-47(38)54-49(40)42/h1-30H. The lowest BCUT2D eigenvalue weighted by molar-refractivity contribution is 1.19. The number of benzene rings is 8. The van der Waals surface area contributed by atoms with E-state index in [4.69, 9.17) is 9.97 Å². The SMILES string of the molecule is c1ccc(-c2cc(-c3cccc4ccccc34)ccc2-c2cc(-c3cccc4c3sc3ccccc34)nc(-c3cccc4c3sc3ccccc34)n2)cc1. The van der Waals surface area contributed by atoms with Crippen molar-refractivity contribution in [1.82, 2.24) is 9.97 Å². The highest BCUT2D eigenvalue weighted by molar-refractivity contribution is 7.26. The highest BCUT2D eigenvalue weighted by Crippen LogP contribution is 2.44.